The molecule has 30 heteroatoms. The molecule has 8 aromatic carbocycles. The van der Waals surface area contributed by atoms with Gasteiger partial charge in [0.1, 0.15) is 0 Å². The molecular formula is C68H56Br4Fe2N10O14. The largest absolute Gasteiger partial charge is 3.00 e. The maximum atomic E-state index is 11.7. The van der Waals surface area contributed by atoms with E-state index in [4.69, 9.17) is 51.1 Å². The molecule has 4 heterocycles. The van der Waals surface area contributed by atoms with E-state index >= 15 is 0 Å². The van der Waals surface area contributed by atoms with Crippen LogP contribution < -0.4 is 20.4 Å². The molecule has 4 aromatic heterocycles. The van der Waals surface area contributed by atoms with Gasteiger partial charge in [-0.05, 0) is 119 Å². The van der Waals surface area contributed by atoms with Crippen LogP contribution in [0.2, 0.25) is 0 Å². The molecule has 12 aromatic rings. The van der Waals surface area contributed by atoms with Crippen molar-refractivity contribution in [1.82, 2.24) is 19.9 Å². The number of benzene rings is 8. The van der Waals surface area contributed by atoms with Crippen molar-refractivity contribution < 1.29 is 85.2 Å². The summed E-state index contributed by atoms with van der Waals surface area (Å²) in [7, 11) is 4.00. The second-order valence-corrected chi connectivity index (χ2v) is 21.3. The van der Waals surface area contributed by atoms with Gasteiger partial charge in [-0.25, -0.2) is 0 Å². The van der Waals surface area contributed by atoms with Crippen molar-refractivity contribution in [3.8, 4) is 23.0 Å². The van der Waals surface area contributed by atoms with Gasteiger partial charge in [0.2, 0.25) is 0 Å². The third-order valence-corrected chi connectivity index (χ3v) is 13.7. The van der Waals surface area contributed by atoms with Gasteiger partial charge in [-0.3, -0.25) is 39.9 Å². The SMILES string of the molecule is CO.CO.CO.CO.O=[N+]([O-])[O-].O=[N+]([O-])[O-].[Fe+3].[Fe+3].[O-]c1ccc(Br)cc1C=Nc1cccc2cccnc12.[O-]c1ccc(Br)cc1C=Nc1cccc2cccnc12.[O-]c1ccc(Br)cc1C=Nc1cccc2cccnc12.[O-]c1ccc(Br)cc1C=Nc1cccc2cccnc12. The molecule has 0 atom stereocenters. The van der Waals surface area contributed by atoms with Crippen molar-refractivity contribution in [2.24, 2.45) is 20.0 Å². The minimum atomic E-state index is -1.75. The molecule has 24 nitrogen and oxygen atoms in total. The molecule has 0 aliphatic rings. The first-order valence-electron chi connectivity index (χ1n) is 27.2. The predicted octanol–water partition coefficient (Wildman–Crippen LogP) is 13.2. The molecular weight excluding hydrogens is 1610 g/mol. The van der Waals surface area contributed by atoms with Crippen LogP contribution in [0.1, 0.15) is 22.3 Å². The van der Waals surface area contributed by atoms with Gasteiger partial charge in [-0.1, -0.05) is 184 Å². The van der Waals surface area contributed by atoms with Gasteiger partial charge in [0.25, 0.3) is 0 Å². The van der Waals surface area contributed by atoms with Crippen LogP contribution in [0, 0.1) is 30.6 Å². The molecule has 0 unspecified atom stereocenters. The number of aliphatic imine (C=N–C) groups is 4. The average Bonchev–Trinajstić information content (AvgIpc) is 0.861. The Morgan fingerprint density at radius 2 is 0.490 bits per heavy atom. The second-order valence-electron chi connectivity index (χ2n) is 17.6. The van der Waals surface area contributed by atoms with Gasteiger partial charge < -0.3 is 71.5 Å². The molecule has 2 radical (unpaired) electrons. The summed E-state index contributed by atoms with van der Waals surface area (Å²) in [4.78, 5) is 51.4. The number of aromatic nitrogens is 4. The van der Waals surface area contributed by atoms with Crippen LogP contribution in [0.3, 0.4) is 0 Å². The third-order valence-electron chi connectivity index (χ3n) is 11.7. The monoisotopic (exact) mass is 1660 g/mol. The fourth-order valence-electron chi connectivity index (χ4n) is 7.81. The molecule has 0 saturated heterocycles. The average molecular weight is 1670 g/mol. The summed E-state index contributed by atoms with van der Waals surface area (Å²) in [5.74, 6) is -0.203. The summed E-state index contributed by atoms with van der Waals surface area (Å²) < 4.78 is 3.42. The van der Waals surface area contributed by atoms with Crippen LogP contribution in [0.25, 0.3) is 43.6 Å². The Morgan fingerprint density at radius 3 is 0.673 bits per heavy atom. The van der Waals surface area contributed by atoms with E-state index in [2.05, 4.69) is 104 Å². The summed E-state index contributed by atoms with van der Waals surface area (Å²) in [6.07, 6.45) is 13.3. The van der Waals surface area contributed by atoms with E-state index in [1.165, 1.54) is 24.3 Å². The summed E-state index contributed by atoms with van der Waals surface area (Å²) in [6.45, 7) is 0. The zero-order chi connectivity index (χ0) is 71.0. The number of fused-ring (bicyclic) bond motifs is 4. The molecule has 0 saturated carbocycles. The minimum Gasteiger partial charge on any atom is -0.872 e. The first kappa shape index (κ1) is 86.5. The Hall–Kier alpha value is -9.52. The standard InChI is InChI=1S/4C16H11BrN2O.4CH4O.2Fe.2NO3/c4*17-13-6-7-15(20)12(9-13)10-19-14-5-1-3-11-4-2-8-18-16(11)14;4*1-2;;;2*2-1(3)4/h4*1-10,20H;4*2H,1H3;;;;/q;;;;;;;;2*+3;2*-1/p-4. The van der Waals surface area contributed by atoms with Gasteiger partial charge in [-0.15, -0.1) is 0 Å². The molecule has 0 amide bonds. The molecule has 0 bridgehead atoms. The predicted molar refractivity (Wildman–Crippen MR) is 384 cm³/mol. The van der Waals surface area contributed by atoms with E-state index in [1.54, 1.807) is 98.2 Å². The number of pyridine rings is 4. The van der Waals surface area contributed by atoms with Gasteiger partial charge in [-0.2, -0.15) is 0 Å². The first-order valence-corrected chi connectivity index (χ1v) is 30.4. The van der Waals surface area contributed by atoms with Gasteiger partial charge in [0, 0.05) is 118 Å². The molecule has 12 rings (SSSR count). The number of rotatable bonds is 8. The maximum absolute atomic E-state index is 11.7. The number of halogens is 4. The van der Waals surface area contributed by atoms with Crippen molar-refractivity contribution in [3.05, 3.63) is 290 Å². The smallest absolute Gasteiger partial charge is 0.872 e. The quantitative estimate of drug-likeness (QED) is 0.0475. The zero-order valence-corrected chi connectivity index (χ0v) is 60.2. The van der Waals surface area contributed by atoms with Crippen molar-refractivity contribution >= 4 is 155 Å². The Balaban J connectivity index is 0.000000605. The normalized spacial score (nSPS) is 9.92. The summed E-state index contributed by atoms with van der Waals surface area (Å²) in [5.41, 5.74) is 8.51. The Kier molecular flexibility index (Phi) is 42.6. The van der Waals surface area contributed by atoms with Crippen molar-refractivity contribution in [2.75, 3.05) is 28.4 Å². The van der Waals surface area contributed by atoms with Gasteiger partial charge in [0.15, 0.2) is 0 Å². The molecule has 0 fully saturated rings. The molecule has 506 valence electrons. The fraction of sp³-hybridized carbons (Fsp3) is 0.0588. The van der Waals surface area contributed by atoms with Crippen molar-refractivity contribution in [1.29, 1.82) is 0 Å². The number of hydrogen-bond donors (Lipinski definition) is 4. The molecule has 0 spiro atoms. The van der Waals surface area contributed by atoms with Crippen LogP contribution >= 0.6 is 63.7 Å². The van der Waals surface area contributed by atoms with Crippen LogP contribution in [0.15, 0.2) is 257 Å². The Labute approximate surface area is 616 Å². The number of hydrogen-bond acceptors (Lipinski definition) is 22. The van der Waals surface area contributed by atoms with Crippen molar-refractivity contribution in [2.45, 2.75) is 0 Å². The van der Waals surface area contributed by atoms with E-state index in [0.717, 1.165) is 113 Å². The maximum Gasteiger partial charge on any atom is 3.00 e. The van der Waals surface area contributed by atoms with Crippen LogP contribution in [0.4, 0.5) is 22.7 Å². The third kappa shape index (κ3) is 29.4. The molecule has 98 heavy (non-hydrogen) atoms. The zero-order valence-electron chi connectivity index (χ0n) is 51.7. The summed E-state index contributed by atoms with van der Waals surface area (Å²) in [6, 6.07) is 58.7. The molecule has 4 N–H and O–H groups in total. The Morgan fingerprint density at radius 1 is 0.316 bits per heavy atom. The van der Waals surface area contributed by atoms with E-state index in [9.17, 15) is 20.4 Å². The van der Waals surface area contributed by atoms with E-state index in [1.807, 2.05) is 121 Å². The minimum absolute atomic E-state index is 0. The van der Waals surface area contributed by atoms with E-state index < -0.39 is 10.2 Å². The first-order chi connectivity index (χ1) is 46.4. The number of para-hydroxylation sites is 4. The number of nitrogens with zero attached hydrogens (tertiary/aromatic N) is 10. The fourth-order valence-corrected chi connectivity index (χ4v) is 9.32. The van der Waals surface area contributed by atoms with E-state index in [-0.39, 0.29) is 57.1 Å². The van der Waals surface area contributed by atoms with Crippen LogP contribution in [0.5, 0.6) is 23.0 Å². The second kappa shape index (κ2) is 48.2. The van der Waals surface area contributed by atoms with Crippen molar-refractivity contribution in [3.63, 3.8) is 0 Å². The van der Waals surface area contributed by atoms with E-state index in [0.29, 0.717) is 22.3 Å². The Bertz CT molecular complexity index is 3980. The summed E-state index contributed by atoms with van der Waals surface area (Å²) in [5, 5.41) is 109. The molecule has 0 aliphatic carbocycles. The summed E-state index contributed by atoms with van der Waals surface area (Å²) >= 11 is 13.4. The van der Waals surface area contributed by atoms with Gasteiger partial charge in [0.05, 0.1) is 55.0 Å². The van der Waals surface area contributed by atoms with Crippen LogP contribution in [-0.4, -0.2) is 104 Å². The topological polar surface area (TPSA) is 407 Å². The van der Waals surface area contributed by atoms with Crippen LogP contribution in [-0.2, 0) is 34.1 Å². The van der Waals surface area contributed by atoms with Gasteiger partial charge >= 0.3 is 34.1 Å². The number of aliphatic hydroxyl groups excluding tert-OH is 4. The molecule has 0 aliphatic heterocycles. The number of aliphatic hydroxyl groups is 4.